The summed E-state index contributed by atoms with van der Waals surface area (Å²) in [6.45, 7) is 3.40. The summed E-state index contributed by atoms with van der Waals surface area (Å²) in [4.78, 5) is 25.5. The highest BCUT2D eigenvalue weighted by molar-refractivity contribution is 7.16. The van der Waals surface area contributed by atoms with E-state index in [2.05, 4.69) is 21.7 Å². The molecular weight excluding hydrogens is 456 g/mol. The number of aryl methyl sites for hydroxylation is 1. The van der Waals surface area contributed by atoms with Gasteiger partial charge in [0, 0.05) is 47.1 Å². The van der Waals surface area contributed by atoms with Gasteiger partial charge >= 0.3 is 0 Å². The quantitative estimate of drug-likeness (QED) is 0.592. The molecular formula is C25H27ClN4O2S. The molecule has 4 atom stereocenters. The molecule has 1 N–H and O–H groups in total. The maximum atomic E-state index is 13.3. The van der Waals surface area contributed by atoms with Gasteiger partial charge in [-0.3, -0.25) is 4.79 Å². The lowest BCUT2D eigenvalue weighted by molar-refractivity contribution is -0.000566. The summed E-state index contributed by atoms with van der Waals surface area (Å²) in [6.07, 6.45) is 2.86. The Kier molecular flexibility index (Phi) is 5.41. The number of morpholine rings is 1. The van der Waals surface area contributed by atoms with Crippen molar-refractivity contribution in [2.75, 3.05) is 20.3 Å². The molecule has 0 radical (unpaired) electrons. The smallest absolute Gasteiger partial charge is 0.253 e. The molecule has 1 aliphatic carbocycles. The molecule has 1 saturated carbocycles. The van der Waals surface area contributed by atoms with E-state index in [0.717, 1.165) is 59.8 Å². The number of thiophene rings is 1. The number of nitrogens with one attached hydrogen (secondary N) is 1. The number of benzene rings is 1. The van der Waals surface area contributed by atoms with E-state index >= 15 is 0 Å². The lowest BCUT2D eigenvalue weighted by Crippen LogP contribution is -2.58. The van der Waals surface area contributed by atoms with Crippen molar-refractivity contribution in [3.63, 3.8) is 0 Å². The van der Waals surface area contributed by atoms with Gasteiger partial charge in [0.2, 0.25) is 0 Å². The third kappa shape index (κ3) is 3.95. The molecule has 3 fully saturated rings. The lowest BCUT2D eigenvalue weighted by Gasteiger charge is -2.43. The van der Waals surface area contributed by atoms with Crippen molar-refractivity contribution >= 4 is 39.1 Å². The van der Waals surface area contributed by atoms with Crippen molar-refractivity contribution in [1.82, 2.24) is 20.2 Å². The Bertz CT molecular complexity index is 1220. The molecule has 2 unspecified atom stereocenters. The number of amides is 1. The average Bonchev–Trinajstić information content (AvgIpc) is 3.45. The van der Waals surface area contributed by atoms with E-state index in [1.54, 1.807) is 11.3 Å². The van der Waals surface area contributed by atoms with Crippen LogP contribution in [0.2, 0.25) is 5.02 Å². The largest absolute Gasteiger partial charge is 0.378 e. The number of aromatic nitrogens is 2. The van der Waals surface area contributed by atoms with E-state index in [0.29, 0.717) is 34.5 Å². The third-order valence-electron chi connectivity index (χ3n) is 7.35. The number of ether oxygens (including phenoxy) is 1. The molecule has 2 bridgehead atoms. The average molecular weight is 483 g/mol. The normalized spacial score (nSPS) is 28.6. The molecule has 2 saturated heterocycles. The fourth-order valence-electron chi connectivity index (χ4n) is 5.57. The number of carbonyl (C=O) groups is 1. The van der Waals surface area contributed by atoms with Crippen LogP contribution >= 0.6 is 22.9 Å². The molecule has 3 aromatic rings. The van der Waals surface area contributed by atoms with Crippen LogP contribution in [0.25, 0.3) is 10.2 Å². The number of halogens is 1. The first-order valence-electron chi connectivity index (χ1n) is 11.6. The van der Waals surface area contributed by atoms with Gasteiger partial charge in [0.15, 0.2) is 0 Å². The van der Waals surface area contributed by atoms with E-state index < -0.39 is 0 Å². The summed E-state index contributed by atoms with van der Waals surface area (Å²) in [5.41, 5.74) is 2.88. The van der Waals surface area contributed by atoms with Crippen molar-refractivity contribution < 1.29 is 9.53 Å². The molecule has 8 heteroatoms. The van der Waals surface area contributed by atoms with Gasteiger partial charge < -0.3 is 15.0 Å². The Balaban J connectivity index is 1.19. The minimum Gasteiger partial charge on any atom is -0.378 e. The standard InChI is InChI=1S/C25H27ClN4O2S/c1-13-27-23(19-5-6-33-24(19)28-13)21-10-20(21)18-4-3-14(7-22(18)26)25(31)30(2)17-8-15-11-32-12-16(9-17)29-15/h3-7,15-17,20-21,29H,8-12H2,1-2H3/t15?,16?,17?,20-,21+/m0/s1. The summed E-state index contributed by atoms with van der Waals surface area (Å²) in [7, 11) is 1.91. The number of carbonyl (C=O) groups excluding carboxylic acids is 1. The van der Waals surface area contributed by atoms with E-state index in [1.807, 2.05) is 37.1 Å². The first kappa shape index (κ1) is 21.5. The highest BCUT2D eigenvalue weighted by Gasteiger charge is 2.43. The second kappa shape index (κ2) is 8.31. The monoisotopic (exact) mass is 482 g/mol. The number of rotatable bonds is 4. The fourth-order valence-corrected chi connectivity index (χ4v) is 6.70. The molecule has 6 nitrogen and oxygen atoms in total. The van der Waals surface area contributed by atoms with Crippen LogP contribution < -0.4 is 5.32 Å². The topological polar surface area (TPSA) is 67.4 Å². The second-order valence-corrected chi connectivity index (χ2v) is 10.9. The van der Waals surface area contributed by atoms with Gasteiger partial charge in [-0.2, -0.15) is 0 Å². The SMILES string of the molecule is Cc1nc([C@@H]2C[C@H]2c2ccc(C(=O)N(C)C3CC4COCC(C3)N4)cc2Cl)c2ccsc2n1. The van der Waals surface area contributed by atoms with Crippen LogP contribution in [-0.4, -0.2) is 59.2 Å². The van der Waals surface area contributed by atoms with Crippen molar-refractivity contribution in [2.24, 2.45) is 0 Å². The van der Waals surface area contributed by atoms with Crippen LogP contribution in [0, 0.1) is 6.92 Å². The van der Waals surface area contributed by atoms with Crippen molar-refractivity contribution in [1.29, 1.82) is 0 Å². The summed E-state index contributed by atoms with van der Waals surface area (Å²) in [6, 6.07) is 8.82. The number of fused-ring (bicyclic) bond motifs is 3. The van der Waals surface area contributed by atoms with E-state index in [4.69, 9.17) is 21.3 Å². The minimum absolute atomic E-state index is 0.0353. The predicted molar refractivity (Wildman–Crippen MR) is 130 cm³/mol. The summed E-state index contributed by atoms with van der Waals surface area (Å²) >= 11 is 8.39. The summed E-state index contributed by atoms with van der Waals surface area (Å²) in [5.74, 6) is 1.53. The Hall–Kier alpha value is -2.06. The number of piperidine rings is 1. The zero-order chi connectivity index (χ0) is 22.7. The van der Waals surface area contributed by atoms with E-state index in [9.17, 15) is 4.79 Å². The van der Waals surface area contributed by atoms with Crippen LogP contribution in [-0.2, 0) is 4.74 Å². The second-order valence-electron chi connectivity index (χ2n) is 9.62. The lowest BCUT2D eigenvalue weighted by atomic mass is 9.91. The minimum atomic E-state index is 0.0353. The zero-order valence-electron chi connectivity index (χ0n) is 18.8. The van der Waals surface area contributed by atoms with Gasteiger partial charge in [0.05, 0.1) is 18.9 Å². The van der Waals surface area contributed by atoms with Crippen LogP contribution in [0.15, 0.2) is 29.6 Å². The molecule has 0 spiro atoms. The van der Waals surface area contributed by atoms with E-state index in [1.165, 1.54) is 0 Å². The molecule has 3 aliphatic rings. The molecule has 172 valence electrons. The Morgan fingerprint density at radius 1 is 1.15 bits per heavy atom. The van der Waals surface area contributed by atoms with Gasteiger partial charge in [0.25, 0.3) is 5.91 Å². The highest BCUT2D eigenvalue weighted by atomic mass is 35.5. The molecule has 2 aliphatic heterocycles. The van der Waals surface area contributed by atoms with Crippen LogP contribution in [0.1, 0.15) is 58.5 Å². The molecule has 6 rings (SSSR count). The number of hydrogen-bond acceptors (Lipinski definition) is 6. The van der Waals surface area contributed by atoms with Crippen molar-refractivity contribution in [2.45, 2.75) is 56.1 Å². The molecule has 4 heterocycles. The fraction of sp³-hybridized carbons (Fsp3) is 0.480. The Morgan fingerprint density at radius 3 is 2.70 bits per heavy atom. The third-order valence-corrected chi connectivity index (χ3v) is 8.48. The first-order valence-corrected chi connectivity index (χ1v) is 12.9. The van der Waals surface area contributed by atoms with Gasteiger partial charge in [-0.1, -0.05) is 17.7 Å². The van der Waals surface area contributed by atoms with Gasteiger partial charge in [-0.15, -0.1) is 11.3 Å². The number of nitrogens with zero attached hydrogens (tertiary/aromatic N) is 3. The molecule has 1 amide bonds. The highest BCUT2D eigenvalue weighted by Crippen LogP contribution is 2.57. The van der Waals surface area contributed by atoms with Crippen LogP contribution in [0.5, 0.6) is 0 Å². The van der Waals surface area contributed by atoms with Gasteiger partial charge in [-0.25, -0.2) is 9.97 Å². The maximum absolute atomic E-state index is 13.3. The summed E-state index contributed by atoms with van der Waals surface area (Å²) < 4.78 is 5.64. The molecule has 2 aromatic heterocycles. The first-order chi connectivity index (χ1) is 16.0. The van der Waals surface area contributed by atoms with Gasteiger partial charge in [-0.05, 0) is 61.2 Å². The maximum Gasteiger partial charge on any atom is 0.253 e. The predicted octanol–water partition coefficient (Wildman–Crippen LogP) is 4.52. The Labute approximate surface area is 202 Å². The van der Waals surface area contributed by atoms with Crippen molar-refractivity contribution in [3.8, 4) is 0 Å². The molecule has 33 heavy (non-hydrogen) atoms. The van der Waals surface area contributed by atoms with Gasteiger partial charge in [0.1, 0.15) is 10.7 Å². The van der Waals surface area contributed by atoms with Crippen LogP contribution in [0.3, 0.4) is 0 Å². The molecule has 1 aromatic carbocycles. The summed E-state index contributed by atoms with van der Waals surface area (Å²) in [5, 5.41) is 7.49. The Morgan fingerprint density at radius 2 is 1.94 bits per heavy atom. The van der Waals surface area contributed by atoms with E-state index in [-0.39, 0.29) is 11.9 Å². The van der Waals surface area contributed by atoms with Crippen LogP contribution in [0.4, 0.5) is 0 Å². The van der Waals surface area contributed by atoms with Crippen molar-refractivity contribution in [3.05, 3.63) is 57.3 Å². The zero-order valence-corrected chi connectivity index (χ0v) is 20.3. The number of hydrogen-bond donors (Lipinski definition) is 1.